The number of nitrogens with zero attached hydrogens (tertiary/aromatic N) is 4. The third kappa shape index (κ3) is 3.49. The SMILES string of the molecule is CN(c1ncnc2[nH]c(C(F)(F)F)cc12)C1c2ccccc2CCC1N1CC2COCC2C1. The van der Waals surface area contributed by atoms with E-state index in [1.807, 2.05) is 13.1 Å². The van der Waals surface area contributed by atoms with Crippen LogP contribution < -0.4 is 4.90 Å². The van der Waals surface area contributed by atoms with E-state index in [1.165, 1.54) is 17.5 Å². The lowest BCUT2D eigenvalue weighted by molar-refractivity contribution is -0.140. The number of benzene rings is 1. The van der Waals surface area contributed by atoms with Crippen LogP contribution in [0.15, 0.2) is 36.7 Å². The average Bonchev–Trinajstić information content (AvgIpc) is 3.51. The Bertz CT molecular complexity index is 1170. The molecule has 1 aromatic carbocycles. The predicted octanol–water partition coefficient (Wildman–Crippen LogP) is 4.05. The zero-order valence-electron chi connectivity index (χ0n) is 18.3. The van der Waals surface area contributed by atoms with E-state index in [4.69, 9.17) is 4.74 Å². The molecule has 0 radical (unpaired) electrons. The van der Waals surface area contributed by atoms with Gasteiger partial charge in [0.2, 0.25) is 0 Å². The number of alkyl halides is 3. The van der Waals surface area contributed by atoms with Crippen molar-refractivity contribution < 1.29 is 17.9 Å². The average molecular weight is 458 g/mol. The zero-order valence-corrected chi connectivity index (χ0v) is 18.3. The third-order valence-corrected chi connectivity index (χ3v) is 7.65. The van der Waals surface area contributed by atoms with E-state index in [-0.39, 0.29) is 17.7 Å². The molecule has 1 aliphatic carbocycles. The molecule has 4 unspecified atom stereocenters. The molecule has 2 aromatic heterocycles. The van der Waals surface area contributed by atoms with Crippen LogP contribution in [0.2, 0.25) is 0 Å². The number of anilines is 1. The minimum Gasteiger partial charge on any atom is -0.381 e. The highest BCUT2D eigenvalue weighted by atomic mass is 19.4. The van der Waals surface area contributed by atoms with Crippen LogP contribution in [0, 0.1) is 11.8 Å². The summed E-state index contributed by atoms with van der Waals surface area (Å²) in [5, 5.41) is 0.390. The molecule has 0 bridgehead atoms. The summed E-state index contributed by atoms with van der Waals surface area (Å²) in [5.74, 6) is 1.65. The normalized spacial score (nSPS) is 27.6. The molecule has 9 heteroatoms. The fourth-order valence-corrected chi connectivity index (χ4v) is 6.05. The molecule has 2 saturated heterocycles. The van der Waals surface area contributed by atoms with Crippen LogP contribution in [0.1, 0.15) is 29.3 Å². The van der Waals surface area contributed by atoms with Crippen LogP contribution in [-0.4, -0.2) is 59.2 Å². The Morgan fingerprint density at radius 2 is 1.88 bits per heavy atom. The fraction of sp³-hybridized carbons (Fsp3) is 0.500. The Kier molecular flexibility index (Phi) is 4.88. The second-order valence-electron chi connectivity index (χ2n) is 9.51. The molecule has 33 heavy (non-hydrogen) atoms. The summed E-state index contributed by atoms with van der Waals surface area (Å²) in [6.45, 7) is 3.65. The smallest absolute Gasteiger partial charge is 0.381 e. The predicted molar refractivity (Wildman–Crippen MR) is 118 cm³/mol. The monoisotopic (exact) mass is 457 g/mol. The zero-order chi connectivity index (χ0) is 22.7. The summed E-state index contributed by atoms with van der Waals surface area (Å²) in [7, 11) is 1.95. The first kappa shape index (κ1) is 20.9. The molecule has 6 rings (SSSR count). The molecule has 4 atom stereocenters. The van der Waals surface area contributed by atoms with Crippen molar-refractivity contribution in [3.8, 4) is 0 Å². The summed E-state index contributed by atoms with van der Waals surface area (Å²) < 4.78 is 45.8. The van der Waals surface area contributed by atoms with Gasteiger partial charge in [-0.2, -0.15) is 13.2 Å². The topological polar surface area (TPSA) is 57.3 Å². The van der Waals surface area contributed by atoms with E-state index in [1.54, 1.807) is 0 Å². The fourth-order valence-electron chi connectivity index (χ4n) is 6.05. The lowest BCUT2D eigenvalue weighted by atomic mass is 9.82. The van der Waals surface area contributed by atoms with Gasteiger partial charge in [-0.25, -0.2) is 9.97 Å². The number of fused-ring (bicyclic) bond motifs is 3. The first-order chi connectivity index (χ1) is 15.9. The third-order valence-electron chi connectivity index (χ3n) is 7.65. The summed E-state index contributed by atoms with van der Waals surface area (Å²) in [4.78, 5) is 15.6. The van der Waals surface area contributed by atoms with Crippen LogP contribution in [0.25, 0.3) is 11.0 Å². The number of aryl methyl sites for hydroxylation is 1. The van der Waals surface area contributed by atoms with Crippen LogP contribution in [0.3, 0.4) is 0 Å². The molecular formula is C24H26F3N5O. The van der Waals surface area contributed by atoms with Gasteiger partial charge in [-0.1, -0.05) is 24.3 Å². The summed E-state index contributed by atoms with van der Waals surface area (Å²) in [5.41, 5.74) is 1.92. The number of rotatable bonds is 3. The highest BCUT2D eigenvalue weighted by Crippen LogP contribution is 2.43. The van der Waals surface area contributed by atoms with Crippen molar-refractivity contribution in [2.75, 3.05) is 38.3 Å². The van der Waals surface area contributed by atoms with E-state index in [0.29, 0.717) is 23.0 Å². The number of halogens is 3. The minimum atomic E-state index is -4.47. The number of likely N-dealkylation sites (N-methyl/N-ethyl adjacent to an activating group) is 1. The molecule has 0 spiro atoms. The number of aromatic nitrogens is 3. The maximum Gasteiger partial charge on any atom is 0.431 e. The Morgan fingerprint density at radius 1 is 1.12 bits per heavy atom. The quantitative estimate of drug-likeness (QED) is 0.643. The van der Waals surface area contributed by atoms with Crippen molar-refractivity contribution in [1.29, 1.82) is 0 Å². The summed E-state index contributed by atoms with van der Waals surface area (Å²) in [6, 6.07) is 9.77. The first-order valence-corrected chi connectivity index (χ1v) is 11.4. The minimum absolute atomic E-state index is 0.0166. The van der Waals surface area contributed by atoms with Crippen LogP contribution in [0.5, 0.6) is 0 Å². The molecule has 4 heterocycles. The second kappa shape index (κ2) is 7.70. The maximum atomic E-state index is 13.4. The van der Waals surface area contributed by atoms with Crippen molar-refractivity contribution in [3.63, 3.8) is 0 Å². The Morgan fingerprint density at radius 3 is 2.64 bits per heavy atom. The number of aromatic amines is 1. The Hall–Kier alpha value is -2.65. The van der Waals surface area contributed by atoms with Gasteiger partial charge >= 0.3 is 6.18 Å². The van der Waals surface area contributed by atoms with Gasteiger partial charge in [0.25, 0.3) is 0 Å². The van der Waals surface area contributed by atoms with E-state index in [0.717, 1.165) is 45.2 Å². The van der Waals surface area contributed by atoms with Gasteiger partial charge in [0, 0.05) is 38.0 Å². The van der Waals surface area contributed by atoms with Crippen LogP contribution in [0.4, 0.5) is 19.0 Å². The number of nitrogens with one attached hydrogen (secondary N) is 1. The Balaban J connectivity index is 1.42. The van der Waals surface area contributed by atoms with Crippen molar-refractivity contribution in [3.05, 3.63) is 53.5 Å². The van der Waals surface area contributed by atoms with Crippen molar-refractivity contribution in [2.24, 2.45) is 11.8 Å². The van der Waals surface area contributed by atoms with Crippen molar-refractivity contribution >= 4 is 16.9 Å². The number of ether oxygens (including phenoxy) is 1. The van der Waals surface area contributed by atoms with Crippen LogP contribution >= 0.6 is 0 Å². The molecule has 2 fully saturated rings. The maximum absolute atomic E-state index is 13.4. The lowest BCUT2D eigenvalue weighted by Crippen LogP contribution is -2.47. The van der Waals surface area contributed by atoms with Gasteiger partial charge < -0.3 is 14.6 Å². The van der Waals surface area contributed by atoms with Gasteiger partial charge in [-0.3, -0.25) is 4.90 Å². The molecule has 0 amide bonds. The first-order valence-electron chi connectivity index (χ1n) is 11.4. The number of likely N-dealkylation sites (tertiary alicyclic amines) is 1. The number of hydrogen-bond acceptors (Lipinski definition) is 5. The largest absolute Gasteiger partial charge is 0.431 e. The molecular weight excluding hydrogens is 431 g/mol. The molecule has 6 nitrogen and oxygen atoms in total. The molecule has 1 N–H and O–H groups in total. The molecule has 0 saturated carbocycles. The molecule has 3 aromatic rings. The van der Waals surface area contributed by atoms with Gasteiger partial charge in [-0.05, 0) is 30.0 Å². The summed E-state index contributed by atoms with van der Waals surface area (Å²) in [6.07, 6.45) is -1.13. The van der Waals surface area contributed by atoms with Crippen molar-refractivity contribution in [2.45, 2.75) is 31.1 Å². The summed E-state index contributed by atoms with van der Waals surface area (Å²) >= 11 is 0. The molecule has 174 valence electrons. The number of H-pyrrole nitrogens is 1. The van der Waals surface area contributed by atoms with Gasteiger partial charge in [0.1, 0.15) is 23.5 Å². The van der Waals surface area contributed by atoms with Gasteiger partial charge in [-0.15, -0.1) is 0 Å². The van der Waals surface area contributed by atoms with Crippen molar-refractivity contribution in [1.82, 2.24) is 19.9 Å². The molecule has 2 aliphatic heterocycles. The van der Waals surface area contributed by atoms with E-state index in [2.05, 4.69) is 43.0 Å². The molecule has 3 aliphatic rings. The second-order valence-corrected chi connectivity index (χ2v) is 9.51. The highest BCUT2D eigenvalue weighted by Gasteiger charge is 2.44. The van der Waals surface area contributed by atoms with Gasteiger partial charge in [0.15, 0.2) is 0 Å². The number of hydrogen-bond donors (Lipinski definition) is 1. The highest BCUT2D eigenvalue weighted by molar-refractivity contribution is 5.88. The van der Waals surface area contributed by atoms with E-state index in [9.17, 15) is 13.2 Å². The van der Waals surface area contributed by atoms with Crippen LogP contribution in [-0.2, 0) is 17.3 Å². The van der Waals surface area contributed by atoms with E-state index < -0.39 is 11.9 Å². The standard InChI is InChI=1S/C24H26F3N5O/c1-31(23-18-8-20(24(25,26)27)30-22(18)28-13-29-23)21-17-5-3-2-4-14(17)6-7-19(21)32-9-15-11-33-12-16(15)10-32/h2-5,8,13,15-16,19,21H,6-7,9-12H2,1H3,(H,28,29,30). The van der Waals surface area contributed by atoms with Gasteiger partial charge in [0.05, 0.1) is 24.6 Å². The van der Waals surface area contributed by atoms with E-state index >= 15 is 0 Å². The Labute approximate surface area is 189 Å². The lowest BCUT2D eigenvalue weighted by Gasteiger charge is -2.44.